The molecule has 0 aliphatic carbocycles. The Hall–Kier alpha value is -1.11. The fraction of sp³-hybridized carbons (Fsp3) is 0.625. The number of ether oxygens (including phenoxy) is 2. The Morgan fingerprint density at radius 3 is 2.55 bits per heavy atom. The molecule has 0 bridgehead atoms. The fourth-order valence-electron chi connectivity index (χ4n) is 2.36. The lowest BCUT2D eigenvalue weighted by atomic mass is 10.0. The highest BCUT2D eigenvalue weighted by Gasteiger charge is 2.31. The molecule has 1 saturated heterocycles. The molecule has 1 aliphatic rings. The number of rotatable bonds is 7. The minimum Gasteiger partial charge on any atom is -0.493 e. The van der Waals surface area contributed by atoms with E-state index in [2.05, 4.69) is 30.7 Å². The van der Waals surface area contributed by atoms with Gasteiger partial charge >= 0.3 is 0 Å². The molecule has 22 heavy (non-hydrogen) atoms. The summed E-state index contributed by atoms with van der Waals surface area (Å²) in [6.45, 7) is 7.28. The topological polar surface area (TPSA) is 64.6 Å². The highest BCUT2D eigenvalue weighted by molar-refractivity contribution is 7.89. The zero-order chi connectivity index (χ0) is 16.2. The largest absolute Gasteiger partial charge is 0.493 e. The average Bonchev–Trinajstić information content (AvgIpc) is 2.92. The summed E-state index contributed by atoms with van der Waals surface area (Å²) in [5, 5.41) is 0. The second-order valence-corrected chi connectivity index (χ2v) is 8.00. The molecule has 2 rings (SSSR count). The third-order valence-corrected chi connectivity index (χ3v) is 5.34. The Kier molecular flexibility index (Phi) is 5.83. The molecule has 0 aromatic heterocycles. The van der Waals surface area contributed by atoms with Gasteiger partial charge in [0.05, 0.1) is 31.6 Å². The standard InChI is InChI=1S/C16H25NO4S/c1-4-22(18,19)17-16-11-20-9-14(16)10-21-15-7-5-13(6-8-15)12(2)3/h5-8,12,14,16-17H,4,9-11H2,1-3H3/t14-,16+/m1/s1. The summed E-state index contributed by atoms with van der Waals surface area (Å²) < 4.78 is 37.2. The van der Waals surface area contributed by atoms with Crippen molar-refractivity contribution in [2.45, 2.75) is 32.7 Å². The van der Waals surface area contributed by atoms with E-state index in [9.17, 15) is 8.42 Å². The SMILES string of the molecule is CCS(=O)(=O)N[C@H]1COC[C@@H]1COc1ccc(C(C)C)cc1. The zero-order valence-corrected chi connectivity index (χ0v) is 14.2. The summed E-state index contributed by atoms with van der Waals surface area (Å²) in [6.07, 6.45) is 0. The lowest BCUT2D eigenvalue weighted by molar-refractivity contribution is 0.167. The summed E-state index contributed by atoms with van der Waals surface area (Å²) in [7, 11) is -3.22. The predicted octanol–water partition coefficient (Wildman–Crippen LogP) is 2.14. The van der Waals surface area contributed by atoms with Gasteiger partial charge in [0, 0.05) is 5.92 Å². The van der Waals surface area contributed by atoms with E-state index in [4.69, 9.17) is 9.47 Å². The maximum absolute atomic E-state index is 11.7. The number of hydrogen-bond donors (Lipinski definition) is 1. The third kappa shape index (κ3) is 4.69. The number of sulfonamides is 1. The van der Waals surface area contributed by atoms with E-state index < -0.39 is 10.0 Å². The molecule has 0 spiro atoms. The summed E-state index contributed by atoms with van der Waals surface area (Å²) in [5.41, 5.74) is 1.27. The van der Waals surface area contributed by atoms with Gasteiger partial charge in [0.1, 0.15) is 5.75 Å². The van der Waals surface area contributed by atoms with Gasteiger partial charge in [-0.05, 0) is 30.5 Å². The Morgan fingerprint density at radius 2 is 1.95 bits per heavy atom. The molecule has 0 unspecified atom stereocenters. The first kappa shape index (κ1) is 17.2. The van der Waals surface area contributed by atoms with Crippen molar-refractivity contribution >= 4 is 10.0 Å². The van der Waals surface area contributed by atoms with Gasteiger partial charge in [0.15, 0.2) is 0 Å². The van der Waals surface area contributed by atoms with E-state index >= 15 is 0 Å². The van der Waals surface area contributed by atoms with E-state index in [1.807, 2.05) is 12.1 Å². The minimum absolute atomic E-state index is 0.0334. The molecule has 1 N–H and O–H groups in total. The summed E-state index contributed by atoms with van der Waals surface area (Å²) in [5.74, 6) is 1.40. The van der Waals surface area contributed by atoms with Crippen LogP contribution in [0.5, 0.6) is 5.75 Å². The number of hydrogen-bond acceptors (Lipinski definition) is 4. The van der Waals surface area contributed by atoms with Crippen molar-refractivity contribution in [1.82, 2.24) is 4.72 Å². The number of benzene rings is 1. The molecule has 1 aromatic rings. The molecule has 0 radical (unpaired) electrons. The first-order chi connectivity index (χ1) is 10.4. The van der Waals surface area contributed by atoms with Crippen LogP contribution in [0.4, 0.5) is 0 Å². The lowest BCUT2D eigenvalue weighted by Gasteiger charge is -2.19. The Balaban J connectivity index is 1.90. The predicted molar refractivity (Wildman–Crippen MR) is 86.7 cm³/mol. The van der Waals surface area contributed by atoms with Gasteiger partial charge in [-0.25, -0.2) is 13.1 Å². The van der Waals surface area contributed by atoms with Gasteiger partial charge < -0.3 is 9.47 Å². The van der Waals surface area contributed by atoms with Crippen molar-refractivity contribution in [3.63, 3.8) is 0 Å². The molecule has 6 heteroatoms. The Labute approximate surface area is 133 Å². The molecule has 0 saturated carbocycles. The summed E-state index contributed by atoms with van der Waals surface area (Å²) >= 11 is 0. The second kappa shape index (κ2) is 7.44. The monoisotopic (exact) mass is 327 g/mol. The van der Waals surface area contributed by atoms with Gasteiger partial charge in [0.25, 0.3) is 0 Å². The van der Waals surface area contributed by atoms with Crippen LogP contribution in [0, 0.1) is 5.92 Å². The van der Waals surface area contributed by atoms with Crippen LogP contribution in [0.3, 0.4) is 0 Å². The van der Waals surface area contributed by atoms with Crippen LogP contribution in [-0.2, 0) is 14.8 Å². The van der Waals surface area contributed by atoms with Gasteiger partial charge in [-0.2, -0.15) is 0 Å². The average molecular weight is 327 g/mol. The minimum atomic E-state index is -3.22. The van der Waals surface area contributed by atoms with Crippen molar-refractivity contribution < 1.29 is 17.9 Å². The molecular weight excluding hydrogens is 302 g/mol. The van der Waals surface area contributed by atoms with Gasteiger partial charge in [0.2, 0.25) is 10.0 Å². The maximum atomic E-state index is 11.7. The molecule has 2 atom stereocenters. The van der Waals surface area contributed by atoms with Gasteiger partial charge in [-0.1, -0.05) is 26.0 Å². The number of nitrogens with one attached hydrogen (secondary N) is 1. The van der Waals surface area contributed by atoms with Gasteiger partial charge in [-0.15, -0.1) is 0 Å². The quantitative estimate of drug-likeness (QED) is 0.833. The van der Waals surface area contributed by atoms with E-state index in [-0.39, 0.29) is 17.7 Å². The first-order valence-corrected chi connectivity index (χ1v) is 9.37. The molecule has 1 aliphatic heterocycles. The molecule has 1 aromatic carbocycles. The lowest BCUT2D eigenvalue weighted by Crippen LogP contribution is -2.42. The fourth-order valence-corrected chi connectivity index (χ4v) is 3.25. The van der Waals surface area contributed by atoms with E-state index in [0.717, 1.165) is 5.75 Å². The van der Waals surface area contributed by atoms with Crippen molar-refractivity contribution in [2.75, 3.05) is 25.6 Å². The molecule has 5 nitrogen and oxygen atoms in total. The first-order valence-electron chi connectivity index (χ1n) is 7.71. The molecule has 1 fully saturated rings. The molecule has 1 heterocycles. The van der Waals surface area contributed by atoms with E-state index in [0.29, 0.717) is 25.7 Å². The maximum Gasteiger partial charge on any atom is 0.211 e. The van der Waals surface area contributed by atoms with Crippen molar-refractivity contribution in [3.8, 4) is 5.75 Å². The summed E-state index contributed by atoms with van der Waals surface area (Å²) in [6, 6.07) is 7.82. The molecule has 124 valence electrons. The van der Waals surface area contributed by atoms with Crippen LogP contribution in [0.25, 0.3) is 0 Å². The normalized spacial score (nSPS) is 22.2. The van der Waals surface area contributed by atoms with Crippen LogP contribution in [0.2, 0.25) is 0 Å². The van der Waals surface area contributed by atoms with Crippen molar-refractivity contribution in [2.24, 2.45) is 5.92 Å². The Morgan fingerprint density at radius 1 is 1.27 bits per heavy atom. The van der Waals surface area contributed by atoms with Crippen LogP contribution in [0.15, 0.2) is 24.3 Å². The Bertz CT molecular complexity index is 568. The molecule has 0 amide bonds. The van der Waals surface area contributed by atoms with Crippen LogP contribution in [-0.4, -0.2) is 40.0 Å². The van der Waals surface area contributed by atoms with E-state index in [1.165, 1.54) is 5.56 Å². The third-order valence-electron chi connectivity index (χ3n) is 3.92. The van der Waals surface area contributed by atoms with Crippen LogP contribution < -0.4 is 9.46 Å². The van der Waals surface area contributed by atoms with Crippen LogP contribution >= 0.6 is 0 Å². The molecular formula is C16H25NO4S. The summed E-state index contributed by atoms with van der Waals surface area (Å²) in [4.78, 5) is 0. The highest BCUT2D eigenvalue weighted by Crippen LogP contribution is 2.21. The van der Waals surface area contributed by atoms with Crippen LogP contribution in [0.1, 0.15) is 32.3 Å². The second-order valence-electron chi connectivity index (χ2n) is 5.96. The van der Waals surface area contributed by atoms with Crippen molar-refractivity contribution in [1.29, 1.82) is 0 Å². The highest BCUT2D eigenvalue weighted by atomic mass is 32.2. The van der Waals surface area contributed by atoms with E-state index in [1.54, 1.807) is 6.92 Å². The zero-order valence-electron chi connectivity index (χ0n) is 13.4. The van der Waals surface area contributed by atoms with Crippen molar-refractivity contribution in [3.05, 3.63) is 29.8 Å². The van der Waals surface area contributed by atoms with Gasteiger partial charge in [-0.3, -0.25) is 0 Å². The smallest absolute Gasteiger partial charge is 0.211 e.